The van der Waals surface area contributed by atoms with Crippen LogP contribution in [0.4, 0.5) is 19.0 Å². The number of nitrogens with zero attached hydrogens (tertiary/aromatic N) is 3. The Hall–Kier alpha value is -3.89. The summed E-state index contributed by atoms with van der Waals surface area (Å²) < 4.78 is 45.2. The molecule has 1 saturated heterocycles. The van der Waals surface area contributed by atoms with Crippen LogP contribution >= 0.6 is 0 Å². The van der Waals surface area contributed by atoms with Crippen molar-refractivity contribution in [1.29, 1.82) is 0 Å². The maximum Gasteiger partial charge on any atom is 0.341 e. The molecular weight excluding hydrogens is 633 g/mol. The minimum absolute atomic E-state index is 0.00275. The molecule has 1 aromatic carbocycles. The fourth-order valence-electron chi connectivity index (χ4n) is 7.35. The lowest BCUT2D eigenvalue weighted by Gasteiger charge is -2.49. The molecule has 0 spiro atoms. The van der Waals surface area contributed by atoms with E-state index in [1.54, 1.807) is 4.90 Å². The molecule has 1 aliphatic carbocycles. The zero-order valence-electron chi connectivity index (χ0n) is 28.6. The van der Waals surface area contributed by atoms with Crippen molar-refractivity contribution in [3.8, 4) is 5.69 Å². The number of amides is 1. The molecule has 3 aromatic rings. The van der Waals surface area contributed by atoms with Gasteiger partial charge in [0.05, 0.1) is 11.1 Å². The summed E-state index contributed by atoms with van der Waals surface area (Å²) in [4.78, 5) is 43.8. The van der Waals surface area contributed by atoms with Gasteiger partial charge in [-0.15, -0.1) is 0 Å². The molecule has 2 aromatic heterocycles. The van der Waals surface area contributed by atoms with Gasteiger partial charge in [-0.1, -0.05) is 90.9 Å². The van der Waals surface area contributed by atoms with E-state index in [1.165, 1.54) is 64.2 Å². The predicted octanol–water partition coefficient (Wildman–Crippen LogP) is 8.13. The number of unbranched alkanes of at least 4 members (excludes halogenated alkanes) is 12. The zero-order valence-corrected chi connectivity index (χ0v) is 28.6. The molecule has 3 unspecified atom stereocenters. The van der Waals surface area contributed by atoms with Crippen LogP contribution in [-0.4, -0.2) is 45.7 Å². The van der Waals surface area contributed by atoms with E-state index in [2.05, 4.69) is 23.6 Å². The van der Waals surface area contributed by atoms with E-state index in [1.807, 2.05) is 6.92 Å². The standard InChI is InChI=1S/C38H48F3N4O4/c1-3-4-5-6-7-8-9-10-11-12-13-14-15-16-33(46)42-32-19-25-22-44(24-38(25,32)2)36-30(41)21-27-34(47)28(37(48)49)23-45(35(27)43-36)31-18-17-26(39)20-29(31)40/h17-21,23,25,32H,3-16,22,24H2,1-2H3,(H,42,46)(H,48,49). The van der Waals surface area contributed by atoms with E-state index in [9.17, 15) is 28.3 Å². The summed E-state index contributed by atoms with van der Waals surface area (Å²) in [5.74, 6) is -4.28. The Morgan fingerprint density at radius 1 is 0.939 bits per heavy atom. The highest BCUT2D eigenvalue weighted by Crippen LogP contribution is 2.52. The number of aromatic carboxylic acids is 1. The molecule has 11 heteroatoms. The zero-order chi connectivity index (χ0) is 35.1. The largest absolute Gasteiger partial charge is 0.477 e. The van der Waals surface area contributed by atoms with E-state index >= 15 is 4.39 Å². The Balaban J connectivity index is 1.16. The van der Waals surface area contributed by atoms with E-state index in [0.717, 1.165) is 48.2 Å². The van der Waals surface area contributed by atoms with Crippen LogP contribution in [0.5, 0.6) is 0 Å². The molecule has 3 atom stereocenters. The predicted molar refractivity (Wildman–Crippen MR) is 185 cm³/mol. The first-order valence-electron chi connectivity index (χ1n) is 17.9. The molecule has 49 heavy (non-hydrogen) atoms. The van der Waals surface area contributed by atoms with Crippen molar-refractivity contribution in [2.45, 2.75) is 110 Å². The topological polar surface area (TPSA) is 105 Å². The molecule has 2 N–H and O–H groups in total. The van der Waals surface area contributed by atoms with Crippen molar-refractivity contribution in [1.82, 2.24) is 14.9 Å². The van der Waals surface area contributed by atoms with Gasteiger partial charge in [-0.2, -0.15) is 0 Å². The van der Waals surface area contributed by atoms with Gasteiger partial charge in [0.2, 0.25) is 11.3 Å². The summed E-state index contributed by atoms with van der Waals surface area (Å²) in [5, 5.41) is 12.4. The molecule has 8 nitrogen and oxygen atoms in total. The average Bonchev–Trinajstić information content (AvgIpc) is 3.32. The van der Waals surface area contributed by atoms with Crippen LogP contribution in [0.3, 0.4) is 0 Å². The van der Waals surface area contributed by atoms with E-state index in [4.69, 9.17) is 0 Å². The van der Waals surface area contributed by atoms with E-state index < -0.39 is 34.4 Å². The third-order valence-corrected chi connectivity index (χ3v) is 10.4. The molecule has 1 amide bonds. The molecule has 1 radical (unpaired) electrons. The fraction of sp³-hybridized carbons (Fsp3) is 0.553. The minimum atomic E-state index is -1.57. The molecule has 5 rings (SSSR count). The van der Waals surface area contributed by atoms with Gasteiger partial charge in [-0.3, -0.25) is 14.2 Å². The number of hydrogen-bond donors (Lipinski definition) is 2. The monoisotopic (exact) mass is 681 g/mol. The summed E-state index contributed by atoms with van der Waals surface area (Å²) in [6, 6.07) is 3.46. The van der Waals surface area contributed by atoms with Gasteiger partial charge in [0.15, 0.2) is 17.3 Å². The lowest BCUT2D eigenvalue weighted by molar-refractivity contribution is -0.123. The molecule has 2 aliphatic rings. The average molecular weight is 682 g/mol. The summed E-state index contributed by atoms with van der Waals surface area (Å²) in [5.41, 5.74) is -2.44. The van der Waals surface area contributed by atoms with E-state index in [-0.39, 0.29) is 45.8 Å². The first-order valence-corrected chi connectivity index (χ1v) is 17.9. The summed E-state index contributed by atoms with van der Waals surface area (Å²) in [6.07, 6.45) is 19.6. The number of benzene rings is 1. The van der Waals surface area contributed by atoms with Crippen molar-refractivity contribution in [2.75, 3.05) is 18.0 Å². The van der Waals surface area contributed by atoms with Crippen molar-refractivity contribution >= 4 is 28.7 Å². The number of rotatable bonds is 18. The number of anilines is 1. The second kappa shape index (κ2) is 16.2. The second-order valence-corrected chi connectivity index (χ2v) is 14.0. The van der Waals surface area contributed by atoms with Gasteiger partial charge in [-0.25, -0.2) is 22.9 Å². The molecular formula is C38H48F3N4O4. The molecule has 1 aliphatic heterocycles. The number of carboxylic acids is 1. The quantitative estimate of drug-likeness (QED) is 0.132. The van der Waals surface area contributed by atoms with Crippen LogP contribution in [0, 0.1) is 35.2 Å². The number of carbonyl (C=O) groups is 2. The van der Waals surface area contributed by atoms with Gasteiger partial charge < -0.3 is 15.3 Å². The number of nitrogens with one attached hydrogen (secondary N) is 1. The molecule has 1 saturated carbocycles. The molecule has 0 bridgehead atoms. The highest BCUT2D eigenvalue weighted by Gasteiger charge is 2.58. The van der Waals surface area contributed by atoms with Gasteiger partial charge in [-0.05, 0) is 37.0 Å². The molecule has 265 valence electrons. The third-order valence-electron chi connectivity index (χ3n) is 10.4. The van der Waals surface area contributed by atoms with Crippen LogP contribution in [0.1, 0.15) is 114 Å². The molecule has 3 heterocycles. The number of hydrogen-bond acceptors (Lipinski definition) is 5. The van der Waals surface area contributed by atoms with Crippen LogP contribution in [0.25, 0.3) is 16.7 Å². The lowest BCUT2D eigenvalue weighted by atomic mass is 9.59. The van der Waals surface area contributed by atoms with Crippen LogP contribution in [0.2, 0.25) is 0 Å². The van der Waals surface area contributed by atoms with Crippen molar-refractivity contribution < 1.29 is 27.9 Å². The number of carbonyl (C=O) groups excluding carboxylic acids is 1. The lowest BCUT2D eigenvalue weighted by Crippen LogP contribution is -2.60. The third kappa shape index (κ3) is 8.29. The van der Waals surface area contributed by atoms with Crippen molar-refractivity contribution in [3.05, 3.63) is 70.1 Å². The summed E-state index contributed by atoms with van der Waals surface area (Å²) in [7, 11) is 0. The number of halogens is 3. The van der Waals surface area contributed by atoms with Gasteiger partial charge in [0.25, 0.3) is 0 Å². The number of fused-ring (bicyclic) bond motifs is 2. The number of pyridine rings is 2. The van der Waals surface area contributed by atoms with Gasteiger partial charge in [0, 0.05) is 43.2 Å². The van der Waals surface area contributed by atoms with Gasteiger partial charge in [0.1, 0.15) is 17.2 Å². The number of carboxylic acid groups (broad SMARTS) is 1. The molecule has 2 fully saturated rings. The maximum absolute atomic E-state index is 15.6. The van der Waals surface area contributed by atoms with Crippen molar-refractivity contribution in [2.24, 2.45) is 11.3 Å². The Labute approximate surface area is 286 Å². The van der Waals surface area contributed by atoms with Crippen LogP contribution in [-0.2, 0) is 4.79 Å². The Morgan fingerprint density at radius 3 is 2.18 bits per heavy atom. The van der Waals surface area contributed by atoms with Gasteiger partial charge >= 0.3 is 5.97 Å². The summed E-state index contributed by atoms with van der Waals surface area (Å²) >= 11 is 0. The number of aromatic nitrogens is 2. The van der Waals surface area contributed by atoms with E-state index in [0.29, 0.717) is 25.6 Å². The normalized spacial score (nSPS) is 20.0. The minimum Gasteiger partial charge on any atom is -0.477 e. The van der Waals surface area contributed by atoms with Crippen LogP contribution < -0.4 is 15.6 Å². The highest BCUT2D eigenvalue weighted by molar-refractivity contribution is 5.92. The SMILES string of the molecule is CCCCCCCCCCCCCCCC(=O)NC1[CH]C2CN(c3nc4c(cc3F)c(=O)c(C(=O)O)cn4-c3ccc(F)cc3F)CC21C. The smallest absolute Gasteiger partial charge is 0.341 e. The van der Waals surface area contributed by atoms with Crippen molar-refractivity contribution in [3.63, 3.8) is 0 Å². The second-order valence-electron chi connectivity index (χ2n) is 14.0. The van der Waals surface area contributed by atoms with Crippen LogP contribution in [0.15, 0.2) is 35.3 Å². The highest BCUT2D eigenvalue weighted by atomic mass is 19.1. The Kier molecular flexibility index (Phi) is 12.0. The maximum atomic E-state index is 15.6. The fourth-order valence-corrected chi connectivity index (χ4v) is 7.35. The first-order chi connectivity index (χ1) is 23.5. The Morgan fingerprint density at radius 2 is 1.57 bits per heavy atom. The first kappa shape index (κ1) is 36.4. The Bertz CT molecular complexity index is 1710. The summed E-state index contributed by atoms with van der Waals surface area (Å²) in [6.45, 7) is 5.07.